The van der Waals surface area contributed by atoms with E-state index in [0.29, 0.717) is 13.0 Å². The van der Waals surface area contributed by atoms with Crippen LogP contribution in [0.3, 0.4) is 0 Å². The van der Waals surface area contributed by atoms with Crippen molar-refractivity contribution in [2.45, 2.75) is 38.0 Å². The Bertz CT molecular complexity index is 256. The van der Waals surface area contributed by atoms with E-state index in [2.05, 4.69) is 5.32 Å². The Balaban J connectivity index is 2.12. The number of hydrogen-bond acceptors (Lipinski definition) is 3. The van der Waals surface area contributed by atoms with Gasteiger partial charge in [0.2, 0.25) is 0 Å². The number of ether oxygens (including phenoxy) is 1. The lowest BCUT2D eigenvalue weighted by Crippen LogP contribution is -2.34. The van der Waals surface area contributed by atoms with Crippen LogP contribution < -0.4 is 5.32 Å². The highest BCUT2D eigenvalue weighted by Gasteiger charge is 2.39. The van der Waals surface area contributed by atoms with Gasteiger partial charge in [-0.1, -0.05) is 0 Å². The van der Waals surface area contributed by atoms with Crippen molar-refractivity contribution in [1.82, 2.24) is 5.32 Å². The van der Waals surface area contributed by atoms with E-state index < -0.39 is 12.1 Å². The van der Waals surface area contributed by atoms with E-state index in [1.54, 1.807) is 0 Å². The zero-order chi connectivity index (χ0) is 12.7. The molecule has 1 heterocycles. The highest BCUT2D eigenvalue weighted by atomic mass is 19.4. The average molecular weight is 250 g/mol. The number of alkyl halides is 3. The maximum atomic E-state index is 12.2. The van der Waals surface area contributed by atoms with Gasteiger partial charge in [0.25, 0.3) is 0 Å². The average Bonchev–Trinajstić information content (AvgIpc) is 2.28. The highest BCUT2D eigenvalue weighted by Crippen LogP contribution is 2.24. The van der Waals surface area contributed by atoms with Crippen molar-refractivity contribution < 1.29 is 17.9 Å². The van der Waals surface area contributed by atoms with E-state index in [1.807, 2.05) is 0 Å². The topological polar surface area (TPSA) is 45.0 Å². The van der Waals surface area contributed by atoms with E-state index >= 15 is 0 Å². The molecule has 1 saturated heterocycles. The van der Waals surface area contributed by atoms with E-state index in [4.69, 9.17) is 10.00 Å². The Kier molecular flexibility index (Phi) is 5.72. The number of nitriles is 1. The molecule has 0 aromatic carbocycles. The van der Waals surface area contributed by atoms with Crippen LogP contribution in [0.5, 0.6) is 0 Å². The summed E-state index contributed by atoms with van der Waals surface area (Å²) in [6, 6.07) is 1.26. The van der Waals surface area contributed by atoms with Crippen LogP contribution in [0.1, 0.15) is 25.7 Å². The van der Waals surface area contributed by atoms with Gasteiger partial charge in [-0.3, -0.25) is 0 Å². The van der Waals surface area contributed by atoms with Crippen molar-refractivity contribution in [2.75, 3.05) is 19.7 Å². The monoisotopic (exact) mass is 250 g/mol. The Hall–Kier alpha value is -0.800. The van der Waals surface area contributed by atoms with Gasteiger partial charge in [0.05, 0.1) is 12.2 Å². The van der Waals surface area contributed by atoms with Crippen molar-refractivity contribution in [1.29, 1.82) is 5.26 Å². The van der Waals surface area contributed by atoms with Gasteiger partial charge in [0.1, 0.15) is 0 Å². The Morgan fingerprint density at radius 2 is 2.18 bits per heavy atom. The molecular weight excluding hydrogens is 233 g/mol. The van der Waals surface area contributed by atoms with E-state index in [1.165, 1.54) is 6.07 Å². The Labute approximate surface area is 98.9 Å². The fourth-order valence-electron chi connectivity index (χ4n) is 1.78. The largest absolute Gasteiger partial charge is 0.405 e. The molecule has 17 heavy (non-hydrogen) atoms. The lowest BCUT2D eigenvalue weighted by Gasteiger charge is -2.22. The summed E-state index contributed by atoms with van der Waals surface area (Å²) in [7, 11) is 0. The van der Waals surface area contributed by atoms with Gasteiger partial charge in [-0.25, -0.2) is 0 Å². The first-order valence-electron chi connectivity index (χ1n) is 5.82. The molecule has 0 aliphatic carbocycles. The SMILES string of the molecule is N#CC(CNCCC1CCCCO1)C(F)(F)F. The predicted octanol–water partition coefficient (Wildman–Crippen LogP) is 2.24. The summed E-state index contributed by atoms with van der Waals surface area (Å²) in [5.41, 5.74) is 0. The van der Waals surface area contributed by atoms with Crippen molar-refractivity contribution in [3.8, 4) is 6.07 Å². The minimum absolute atomic E-state index is 0.155. The molecule has 1 N–H and O–H groups in total. The molecule has 0 bridgehead atoms. The minimum atomic E-state index is -4.44. The first-order chi connectivity index (χ1) is 8.04. The van der Waals surface area contributed by atoms with E-state index in [0.717, 1.165) is 25.9 Å². The molecule has 0 spiro atoms. The zero-order valence-corrected chi connectivity index (χ0v) is 9.59. The summed E-state index contributed by atoms with van der Waals surface area (Å²) < 4.78 is 42.1. The van der Waals surface area contributed by atoms with E-state index in [9.17, 15) is 13.2 Å². The molecule has 0 saturated carbocycles. The summed E-state index contributed by atoms with van der Waals surface area (Å²) in [6.07, 6.45) is -0.424. The number of rotatable bonds is 5. The normalized spacial score (nSPS) is 23.1. The highest BCUT2D eigenvalue weighted by molar-refractivity contribution is 4.89. The van der Waals surface area contributed by atoms with Gasteiger partial charge in [0, 0.05) is 13.2 Å². The molecule has 3 nitrogen and oxygen atoms in total. The Morgan fingerprint density at radius 3 is 2.71 bits per heavy atom. The summed E-state index contributed by atoms with van der Waals surface area (Å²) in [6.45, 7) is 0.861. The molecule has 1 fully saturated rings. The first-order valence-corrected chi connectivity index (χ1v) is 5.82. The lowest BCUT2D eigenvalue weighted by molar-refractivity contribution is -0.157. The molecule has 2 atom stereocenters. The number of nitrogens with zero attached hydrogens (tertiary/aromatic N) is 1. The fourth-order valence-corrected chi connectivity index (χ4v) is 1.78. The van der Waals surface area contributed by atoms with Gasteiger partial charge in [-0.15, -0.1) is 0 Å². The van der Waals surface area contributed by atoms with Crippen molar-refractivity contribution in [2.24, 2.45) is 5.92 Å². The second-order valence-electron chi connectivity index (χ2n) is 4.20. The van der Waals surface area contributed by atoms with Gasteiger partial charge in [-0.2, -0.15) is 18.4 Å². The first kappa shape index (κ1) is 14.3. The molecule has 0 amide bonds. The van der Waals surface area contributed by atoms with Crippen LogP contribution in [0.25, 0.3) is 0 Å². The molecule has 6 heteroatoms. The lowest BCUT2D eigenvalue weighted by atomic mass is 10.1. The summed E-state index contributed by atoms with van der Waals surface area (Å²) in [5, 5.41) is 11.0. The third-order valence-corrected chi connectivity index (χ3v) is 2.82. The quantitative estimate of drug-likeness (QED) is 0.761. The fraction of sp³-hybridized carbons (Fsp3) is 0.909. The molecule has 1 aliphatic heterocycles. The Morgan fingerprint density at radius 1 is 1.41 bits per heavy atom. The van der Waals surface area contributed by atoms with Gasteiger partial charge in [-0.05, 0) is 32.2 Å². The molecule has 0 aromatic rings. The zero-order valence-electron chi connectivity index (χ0n) is 9.59. The summed E-state index contributed by atoms with van der Waals surface area (Å²) in [4.78, 5) is 0. The predicted molar refractivity (Wildman–Crippen MR) is 56.2 cm³/mol. The number of hydrogen-bond donors (Lipinski definition) is 1. The van der Waals surface area contributed by atoms with Crippen LogP contribution in [0.4, 0.5) is 13.2 Å². The molecule has 1 aliphatic rings. The standard InChI is InChI=1S/C11H17F3N2O/c12-11(13,14)9(7-15)8-16-5-4-10-3-1-2-6-17-10/h9-10,16H,1-6,8H2. The summed E-state index contributed by atoms with van der Waals surface area (Å²) in [5.74, 6) is -1.92. The summed E-state index contributed by atoms with van der Waals surface area (Å²) >= 11 is 0. The van der Waals surface area contributed by atoms with Crippen LogP contribution in [-0.2, 0) is 4.74 Å². The third kappa shape index (κ3) is 5.37. The molecule has 0 aromatic heterocycles. The van der Waals surface area contributed by atoms with Crippen LogP contribution in [0.15, 0.2) is 0 Å². The van der Waals surface area contributed by atoms with Crippen LogP contribution in [0, 0.1) is 17.2 Å². The molecule has 98 valence electrons. The van der Waals surface area contributed by atoms with Gasteiger partial charge in [0.15, 0.2) is 5.92 Å². The van der Waals surface area contributed by atoms with Crippen LogP contribution >= 0.6 is 0 Å². The third-order valence-electron chi connectivity index (χ3n) is 2.82. The molecular formula is C11H17F3N2O. The second kappa shape index (κ2) is 6.82. The maximum absolute atomic E-state index is 12.2. The molecule has 1 rings (SSSR count). The van der Waals surface area contributed by atoms with Gasteiger partial charge < -0.3 is 10.1 Å². The van der Waals surface area contributed by atoms with Crippen LogP contribution in [-0.4, -0.2) is 32.0 Å². The molecule has 0 radical (unpaired) electrons. The van der Waals surface area contributed by atoms with Crippen LogP contribution in [0.2, 0.25) is 0 Å². The van der Waals surface area contributed by atoms with Crippen molar-refractivity contribution in [3.05, 3.63) is 0 Å². The number of halogens is 3. The van der Waals surface area contributed by atoms with Crippen molar-refractivity contribution in [3.63, 3.8) is 0 Å². The van der Waals surface area contributed by atoms with Gasteiger partial charge >= 0.3 is 6.18 Å². The maximum Gasteiger partial charge on any atom is 0.405 e. The minimum Gasteiger partial charge on any atom is -0.378 e. The smallest absolute Gasteiger partial charge is 0.378 e. The van der Waals surface area contributed by atoms with E-state index in [-0.39, 0.29) is 12.6 Å². The molecule has 2 unspecified atom stereocenters. The van der Waals surface area contributed by atoms with Crippen molar-refractivity contribution >= 4 is 0 Å². The number of nitrogens with one attached hydrogen (secondary N) is 1. The second-order valence-corrected chi connectivity index (χ2v) is 4.20.